The molecule has 4 heterocycles. The van der Waals surface area contributed by atoms with Crippen LogP contribution in [0.2, 0.25) is 0 Å². The third kappa shape index (κ3) is 3.42. The first-order valence-corrected chi connectivity index (χ1v) is 12.7. The van der Waals surface area contributed by atoms with Gasteiger partial charge in [0.15, 0.2) is 23.2 Å². The van der Waals surface area contributed by atoms with Crippen LogP contribution in [0.15, 0.2) is 73.3 Å². The number of nitrogens with one attached hydrogen (secondary N) is 1. The summed E-state index contributed by atoms with van der Waals surface area (Å²) in [4.78, 5) is 26.1. The number of hydrogen-bond donors (Lipinski definition) is 1. The van der Waals surface area contributed by atoms with E-state index in [1.165, 1.54) is 6.33 Å². The second-order valence-corrected chi connectivity index (χ2v) is 9.91. The zero-order valence-electron chi connectivity index (χ0n) is 20.4. The van der Waals surface area contributed by atoms with Gasteiger partial charge in [0.05, 0.1) is 12.9 Å². The van der Waals surface area contributed by atoms with Crippen molar-refractivity contribution in [3.8, 4) is 0 Å². The van der Waals surface area contributed by atoms with Crippen molar-refractivity contribution in [2.45, 2.75) is 62.4 Å². The summed E-state index contributed by atoms with van der Waals surface area (Å²) < 4.78 is 21.9. The summed E-state index contributed by atoms with van der Waals surface area (Å²) in [5.74, 6) is 0.0899. The molecule has 1 N–H and O–H groups in total. The fourth-order valence-electron chi connectivity index (χ4n) is 5.98. The maximum atomic E-state index is 12.7. The van der Waals surface area contributed by atoms with Gasteiger partial charge >= 0.3 is 0 Å². The first kappa shape index (κ1) is 22.5. The van der Waals surface area contributed by atoms with E-state index in [4.69, 9.17) is 14.2 Å². The van der Waals surface area contributed by atoms with Crippen molar-refractivity contribution in [3.63, 3.8) is 0 Å². The molecule has 2 saturated heterocycles. The summed E-state index contributed by atoms with van der Waals surface area (Å²) in [6, 6.07) is 19.2. The van der Waals surface area contributed by atoms with Crippen molar-refractivity contribution in [1.82, 2.24) is 19.5 Å². The van der Waals surface area contributed by atoms with Gasteiger partial charge in [-0.1, -0.05) is 55.5 Å². The fourth-order valence-corrected chi connectivity index (χ4v) is 5.98. The number of carbonyl (C=O) groups excluding carboxylic acids is 1. The van der Waals surface area contributed by atoms with Crippen LogP contribution in [0.4, 0.5) is 5.82 Å². The number of aromatic nitrogens is 4. The van der Waals surface area contributed by atoms with E-state index in [1.54, 1.807) is 18.5 Å². The lowest BCUT2D eigenvalue weighted by Gasteiger charge is -2.38. The largest absolute Gasteiger partial charge is 0.368 e. The molecule has 1 spiro atoms. The summed E-state index contributed by atoms with van der Waals surface area (Å²) in [5, 5.41) is 2.87. The van der Waals surface area contributed by atoms with Crippen LogP contribution in [0.3, 0.4) is 0 Å². The molecule has 1 saturated carbocycles. The van der Waals surface area contributed by atoms with E-state index in [2.05, 4.69) is 39.3 Å². The maximum absolute atomic E-state index is 12.7. The molecule has 3 fully saturated rings. The van der Waals surface area contributed by atoms with E-state index in [9.17, 15) is 4.79 Å². The molecule has 1 amide bonds. The molecule has 37 heavy (non-hydrogen) atoms. The summed E-state index contributed by atoms with van der Waals surface area (Å²) >= 11 is 0. The molecular formula is C28H27N5O4. The highest BCUT2D eigenvalue weighted by molar-refractivity contribution is 6.06. The number of imidazole rings is 1. The van der Waals surface area contributed by atoms with Crippen LogP contribution in [-0.2, 0) is 20.8 Å². The number of ether oxygens (including phenoxy) is 3. The van der Waals surface area contributed by atoms with Gasteiger partial charge in [0.2, 0.25) is 0 Å². The summed E-state index contributed by atoms with van der Waals surface area (Å²) in [6.45, 7) is 2.63. The number of anilines is 1. The number of benzene rings is 2. The van der Waals surface area contributed by atoms with Gasteiger partial charge in [-0.05, 0) is 37.0 Å². The molecule has 2 aromatic heterocycles. The van der Waals surface area contributed by atoms with Gasteiger partial charge in [0, 0.05) is 5.56 Å². The molecule has 3 aliphatic rings. The predicted molar refractivity (Wildman–Crippen MR) is 135 cm³/mol. The zero-order chi connectivity index (χ0) is 25.0. The second-order valence-electron chi connectivity index (χ2n) is 9.91. The van der Waals surface area contributed by atoms with E-state index < -0.39 is 11.8 Å². The third-order valence-corrected chi connectivity index (χ3v) is 7.91. The van der Waals surface area contributed by atoms with Crippen LogP contribution in [0.1, 0.15) is 48.3 Å². The monoisotopic (exact) mass is 497 g/mol. The Morgan fingerprint density at radius 2 is 1.81 bits per heavy atom. The zero-order valence-corrected chi connectivity index (χ0v) is 20.4. The van der Waals surface area contributed by atoms with Gasteiger partial charge in [-0.15, -0.1) is 0 Å². The minimum Gasteiger partial charge on any atom is -0.368 e. The lowest BCUT2D eigenvalue weighted by Crippen LogP contribution is -2.49. The number of hydrogen-bond acceptors (Lipinski definition) is 7. The third-order valence-electron chi connectivity index (χ3n) is 7.91. The van der Waals surface area contributed by atoms with Gasteiger partial charge in [0.1, 0.15) is 29.7 Å². The Balaban J connectivity index is 1.20. The number of nitrogens with zero attached hydrogens (tertiary/aromatic N) is 4. The molecule has 0 radical (unpaired) electrons. The molecule has 9 heteroatoms. The average Bonchev–Trinajstić information content (AvgIpc) is 3.36. The summed E-state index contributed by atoms with van der Waals surface area (Å²) in [7, 11) is 0. The Bertz CT molecular complexity index is 1460. The van der Waals surface area contributed by atoms with Crippen LogP contribution >= 0.6 is 0 Å². The quantitative estimate of drug-likeness (QED) is 0.407. The highest BCUT2D eigenvalue weighted by atomic mass is 16.7. The molecule has 188 valence electrons. The molecule has 1 unspecified atom stereocenters. The molecular weight excluding hydrogens is 470 g/mol. The summed E-state index contributed by atoms with van der Waals surface area (Å²) in [5.41, 5.74) is 1.89. The topological polar surface area (TPSA) is 100 Å². The predicted octanol–water partition coefficient (Wildman–Crippen LogP) is 4.27. The number of amides is 1. The first-order chi connectivity index (χ1) is 18.1. The van der Waals surface area contributed by atoms with E-state index in [0.717, 1.165) is 24.8 Å². The van der Waals surface area contributed by atoms with Crippen LogP contribution in [-0.4, -0.2) is 48.8 Å². The second kappa shape index (κ2) is 8.44. The van der Waals surface area contributed by atoms with Crippen molar-refractivity contribution in [3.05, 3.63) is 84.4 Å². The van der Waals surface area contributed by atoms with Gasteiger partial charge in [-0.3, -0.25) is 9.36 Å². The van der Waals surface area contributed by atoms with Gasteiger partial charge < -0.3 is 19.5 Å². The molecule has 4 aromatic rings. The maximum Gasteiger partial charge on any atom is 0.256 e. The molecule has 2 bridgehead atoms. The minimum atomic E-state index is -0.537. The molecule has 9 nitrogen and oxygen atoms in total. The molecule has 2 aromatic carbocycles. The average molecular weight is 498 g/mol. The lowest BCUT2D eigenvalue weighted by atomic mass is 9.87. The highest BCUT2D eigenvalue weighted by Gasteiger charge is 2.78. The van der Waals surface area contributed by atoms with Crippen LogP contribution in [0, 0.1) is 0 Å². The molecule has 4 atom stereocenters. The van der Waals surface area contributed by atoms with E-state index >= 15 is 0 Å². The van der Waals surface area contributed by atoms with Crippen molar-refractivity contribution in [1.29, 1.82) is 0 Å². The van der Waals surface area contributed by atoms with Crippen molar-refractivity contribution >= 4 is 22.9 Å². The SMILES string of the molecule is CC[C@@]12O[C@@H](n3cnc4c(NC(=O)c5ccccc5)ncnc43)[C@@H](OC13CC3)C2OCc1ccccc1. The normalized spacial score (nSPS) is 27.1. The van der Waals surface area contributed by atoms with Gasteiger partial charge in [-0.25, -0.2) is 15.0 Å². The van der Waals surface area contributed by atoms with Crippen molar-refractivity contribution in [2.24, 2.45) is 0 Å². The Morgan fingerprint density at radius 1 is 1.05 bits per heavy atom. The number of fused-ring (bicyclic) bond motifs is 4. The first-order valence-electron chi connectivity index (χ1n) is 12.7. The highest BCUT2D eigenvalue weighted by Crippen LogP contribution is 2.66. The van der Waals surface area contributed by atoms with Crippen LogP contribution < -0.4 is 5.32 Å². The molecule has 2 aliphatic heterocycles. The molecule has 1 aliphatic carbocycles. The fraction of sp³-hybridized carbons (Fsp3) is 0.357. The Kier molecular flexibility index (Phi) is 5.14. The van der Waals surface area contributed by atoms with Crippen LogP contribution in [0.5, 0.6) is 0 Å². The minimum absolute atomic E-state index is 0.221. The number of rotatable bonds is 7. The standard InChI is InChI=1S/C28H27N5O4/c1-2-28-22(35-15-18-9-5-3-6-10-18)21(36-27(28)13-14-27)26(37-28)33-17-31-20-23(29-16-30-24(20)33)32-25(34)19-11-7-4-8-12-19/h3-12,16-17,21-22,26H,2,13-15H2,1H3,(H,29,30,32,34)/t21-,22?,26+,28-/m0/s1. The van der Waals surface area contributed by atoms with Crippen molar-refractivity contribution < 1.29 is 19.0 Å². The Morgan fingerprint density at radius 3 is 2.54 bits per heavy atom. The van der Waals surface area contributed by atoms with Crippen LogP contribution in [0.25, 0.3) is 11.2 Å². The van der Waals surface area contributed by atoms with Crippen molar-refractivity contribution in [2.75, 3.05) is 5.32 Å². The van der Waals surface area contributed by atoms with Gasteiger partial charge in [-0.2, -0.15) is 0 Å². The van der Waals surface area contributed by atoms with E-state index in [-0.39, 0.29) is 23.7 Å². The Labute approximate surface area is 213 Å². The lowest BCUT2D eigenvalue weighted by molar-refractivity contribution is -0.224. The number of carbonyl (C=O) groups is 1. The van der Waals surface area contributed by atoms with E-state index in [1.807, 2.05) is 41.0 Å². The smallest absolute Gasteiger partial charge is 0.256 e. The van der Waals surface area contributed by atoms with Gasteiger partial charge in [0.25, 0.3) is 5.91 Å². The summed E-state index contributed by atoms with van der Waals surface area (Å²) in [6.07, 6.45) is 4.85. The molecule has 7 rings (SSSR count). The van der Waals surface area contributed by atoms with E-state index in [0.29, 0.717) is 29.2 Å². The Hall–Kier alpha value is -3.66.